The monoisotopic (exact) mass is 207 g/mol. The van der Waals surface area contributed by atoms with Crippen LogP contribution in [0.25, 0.3) is 0 Å². The summed E-state index contributed by atoms with van der Waals surface area (Å²) in [5, 5.41) is 3.23. The third kappa shape index (κ3) is 1.08. The van der Waals surface area contributed by atoms with E-state index in [1.807, 2.05) is 11.3 Å². The van der Waals surface area contributed by atoms with Gasteiger partial charge in [0.05, 0.1) is 0 Å². The third-order valence-electron chi connectivity index (χ3n) is 3.41. The van der Waals surface area contributed by atoms with Crippen LogP contribution in [0, 0.1) is 4.91 Å². The molecule has 3 heteroatoms. The Balaban J connectivity index is 2.10. The number of nitrogens with zero attached hydrogens (tertiary/aromatic N) is 1. The van der Waals surface area contributed by atoms with Crippen LogP contribution in [-0.2, 0) is 19.3 Å². The van der Waals surface area contributed by atoms with E-state index in [2.05, 4.69) is 5.18 Å². The SMILES string of the molecule is O=NC1CCc2c1sc1c2CCCC1. The van der Waals surface area contributed by atoms with E-state index in [0.717, 1.165) is 12.8 Å². The van der Waals surface area contributed by atoms with Crippen molar-refractivity contribution in [1.82, 2.24) is 0 Å². The molecular formula is C11H13NOS. The minimum atomic E-state index is -0.0133. The Morgan fingerprint density at radius 3 is 2.86 bits per heavy atom. The zero-order chi connectivity index (χ0) is 9.54. The van der Waals surface area contributed by atoms with Gasteiger partial charge in [0.1, 0.15) is 6.04 Å². The predicted molar refractivity (Wildman–Crippen MR) is 57.8 cm³/mol. The lowest BCUT2D eigenvalue weighted by atomic mass is 9.95. The molecule has 0 radical (unpaired) electrons. The molecule has 0 N–H and O–H groups in total. The normalized spacial score (nSPS) is 24.4. The maximum absolute atomic E-state index is 10.6. The van der Waals surface area contributed by atoms with Gasteiger partial charge in [-0.2, -0.15) is 4.91 Å². The molecule has 0 amide bonds. The van der Waals surface area contributed by atoms with Gasteiger partial charge in [0.25, 0.3) is 0 Å². The number of hydrogen-bond acceptors (Lipinski definition) is 3. The Morgan fingerprint density at radius 1 is 1.14 bits per heavy atom. The first-order valence-electron chi connectivity index (χ1n) is 5.36. The highest BCUT2D eigenvalue weighted by atomic mass is 32.1. The first kappa shape index (κ1) is 8.60. The lowest BCUT2D eigenvalue weighted by molar-refractivity contribution is 0.685. The standard InChI is InChI=1S/C11H13NOS/c13-12-9-6-5-8-7-3-1-2-4-10(7)14-11(8)9/h9H,1-6H2. The summed E-state index contributed by atoms with van der Waals surface area (Å²) in [6, 6.07) is -0.0133. The highest BCUT2D eigenvalue weighted by Gasteiger charge is 2.30. The van der Waals surface area contributed by atoms with Gasteiger partial charge in [-0.1, -0.05) is 5.18 Å². The van der Waals surface area contributed by atoms with Crippen LogP contribution in [0.1, 0.15) is 46.2 Å². The van der Waals surface area contributed by atoms with Crippen LogP contribution < -0.4 is 0 Å². The Morgan fingerprint density at radius 2 is 2.00 bits per heavy atom. The summed E-state index contributed by atoms with van der Waals surface area (Å²) >= 11 is 1.86. The van der Waals surface area contributed by atoms with Crippen molar-refractivity contribution in [2.24, 2.45) is 5.18 Å². The van der Waals surface area contributed by atoms with E-state index < -0.39 is 0 Å². The van der Waals surface area contributed by atoms with Crippen LogP contribution in [0.3, 0.4) is 0 Å². The van der Waals surface area contributed by atoms with Crippen LogP contribution in [0.2, 0.25) is 0 Å². The van der Waals surface area contributed by atoms with Crippen molar-refractivity contribution in [2.45, 2.75) is 44.6 Å². The molecule has 1 aromatic rings. The first-order valence-corrected chi connectivity index (χ1v) is 6.17. The molecule has 0 spiro atoms. The van der Waals surface area contributed by atoms with E-state index in [4.69, 9.17) is 0 Å². The number of nitroso groups, excluding NO2 is 1. The lowest BCUT2D eigenvalue weighted by Crippen LogP contribution is -2.00. The molecule has 0 aliphatic heterocycles. The number of fused-ring (bicyclic) bond motifs is 3. The van der Waals surface area contributed by atoms with Crippen molar-refractivity contribution in [1.29, 1.82) is 0 Å². The highest BCUT2D eigenvalue weighted by molar-refractivity contribution is 7.12. The second-order valence-electron chi connectivity index (χ2n) is 4.21. The molecule has 0 fully saturated rings. The quantitative estimate of drug-likeness (QED) is 0.649. The van der Waals surface area contributed by atoms with Gasteiger partial charge in [0, 0.05) is 9.75 Å². The molecule has 0 aromatic carbocycles. The van der Waals surface area contributed by atoms with Crippen LogP contribution in [0.4, 0.5) is 0 Å². The fourth-order valence-electron chi connectivity index (χ4n) is 2.71. The van der Waals surface area contributed by atoms with E-state index in [-0.39, 0.29) is 6.04 Å². The average molecular weight is 207 g/mol. The summed E-state index contributed by atoms with van der Waals surface area (Å²) in [6.45, 7) is 0. The molecule has 0 saturated carbocycles. The number of rotatable bonds is 1. The van der Waals surface area contributed by atoms with Gasteiger partial charge in [0.15, 0.2) is 0 Å². The summed E-state index contributed by atoms with van der Waals surface area (Å²) < 4.78 is 0. The molecule has 3 rings (SSSR count). The van der Waals surface area contributed by atoms with E-state index in [1.54, 1.807) is 10.4 Å². The van der Waals surface area contributed by atoms with Crippen LogP contribution in [0.5, 0.6) is 0 Å². The number of hydrogen-bond donors (Lipinski definition) is 0. The maximum atomic E-state index is 10.6. The van der Waals surface area contributed by atoms with Gasteiger partial charge in [-0.15, -0.1) is 11.3 Å². The maximum Gasteiger partial charge on any atom is 0.127 e. The van der Waals surface area contributed by atoms with Gasteiger partial charge in [0.2, 0.25) is 0 Å². The fourth-order valence-corrected chi connectivity index (χ4v) is 4.21. The van der Waals surface area contributed by atoms with Gasteiger partial charge < -0.3 is 0 Å². The van der Waals surface area contributed by atoms with Crippen molar-refractivity contribution in [3.8, 4) is 0 Å². The molecule has 1 atom stereocenters. The number of aryl methyl sites for hydroxylation is 1. The van der Waals surface area contributed by atoms with Crippen molar-refractivity contribution in [3.05, 3.63) is 25.8 Å². The smallest absolute Gasteiger partial charge is 0.127 e. The minimum Gasteiger partial charge on any atom is -0.150 e. The van der Waals surface area contributed by atoms with Gasteiger partial charge in [-0.25, -0.2) is 0 Å². The molecule has 2 nitrogen and oxygen atoms in total. The van der Waals surface area contributed by atoms with Gasteiger partial charge in [-0.3, -0.25) is 0 Å². The average Bonchev–Trinajstić information content (AvgIpc) is 2.75. The Labute approximate surface area is 87.3 Å². The van der Waals surface area contributed by atoms with Crippen LogP contribution >= 0.6 is 11.3 Å². The van der Waals surface area contributed by atoms with E-state index in [9.17, 15) is 4.91 Å². The molecule has 1 aromatic heterocycles. The summed E-state index contributed by atoms with van der Waals surface area (Å²) in [4.78, 5) is 13.5. The summed E-state index contributed by atoms with van der Waals surface area (Å²) in [5.41, 5.74) is 3.08. The molecule has 0 bridgehead atoms. The summed E-state index contributed by atoms with van der Waals surface area (Å²) in [6.07, 6.45) is 7.18. The molecule has 14 heavy (non-hydrogen) atoms. The van der Waals surface area contributed by atoms with Crippen molar-refractivity contribution < 1.29 is 0 Å². The third-order valence-corrected chi connectivity index (χ3v) is 4.85. The zero-order valence-corrected chi connectivity index (χ0v) is 8.90. The largest absolute Gasteiger partial charge is 0.150 e. The molecular weight excluding hydrogens is 194 g/mol. The van der Waals surface area contributed by atoms with Crippen LogP contribution in [-0.4, -0.2) is 0 Å². The van der Waals surface area contributed by atoms with Gasteiger partial charge >= 0.3 is 0 Å². The van der Waals surface area contributed by atoms with E-state index in [0.29, 0.717) is 0 Å². The fraction of sp³-hybridized carbons (Fsp3) is 0.636. The number of thiophene rings is 1. The molecule has 2 aliphatic rings. The molecule has 1 unspecified atom stereocenters. The van der Waals surface area contributed by atoms with Gasteiger partial charge in [-0.05, 0) is 49.7 Å². The first-order chi connectivity index (χ1) is 6.90. The molecule has 2 aliphatic carbocycles. The Kier molecular flexibility index (Phi) is 1.94. The second-order valence-corrected chi connectivity index (χ2v) is 5.35. The zero-order valence-electron chi connectivity index (χ0n) is 8.08. The topological polar surface area (TPSA) is 29.4 Å². The van der Waals surface area contributed by atoms with E-state index in [1.165, 1.54) is 36.1 Å². The predicted octanol–water partition coefficient (Wildman–Crippen LogP) is 3.38. The second kappa shape index (κ2) is 3.16. The molecule has 1 heterocycles. The Hall–Kier alpha value is -0.700. The lowest BCUT2D eigenvalue weighted by Gasteiger charge is -2.11. The highest BCUT2D eigenvalue weighted by Crippen LogP contribution is 2.45. The van der Waals surface area contributed by atoms with Crippen molar-refractivity contribution in [3.63, 3.8) is 0 Å². The van der Waals surface area contributed by atoms with Crippen molar-refractivity contribution >= 4 is 11.3 Å². The summed E-state index contributed by atoms with van der Waals surface area (Å²) in [5.74, 6) is 0. The Bertz CT molecular complexity index is 383. The molecule has 74 valence electrons. The van der Waals surface area contributed by atoms with E-state index >= 15 is 0 Å². The van der Waals surface area contributed by atoms with Crippen LogP contribution in [0.15, 0.2) is 5.18 Å². The molecule has 0 saturated heterocycles. The van der Waals surface area contributed by atoms with Crippen molar-refractivity contribution in [2.75, 3.05) is 0 Å². The minimum absolute atomic E-state index is 0.0133. The summed E-state index contributed by atoms with van der Waals surface area (Å²) in [7, 11) is 0.